The van der Waals surface area contributed by atoms with Gasteiger partial charge in [-0.25, -0.2) is 0 Å². The molecule has 0 aromatic carbocycles. The highest BCUT2D eigenvalue weighted by Crippen LogP contribution is 2.20. The number of hydrogen-bond donors (Lipinski definition) is 1. The molecule has 1 fully saturated rings. The zero-order valence-corrected chi connectivity index (χ0v) is 11.1. The first-order valence-electron chi connectivity index (χ1n) is 5.35. The van der Waals surface area contributed by atoms with Crippen LogP contribution in [0.5, 0.6) is 0 Å². The summed E-state index contributed by atoms with van der Waals surface area (Å²) in [4.78, 5) is 14.0. The first-order valence-corrected chi connectivity index (χ1v) is 6.15. The van der Waals surface area contributed by atoms with Crippen LogP contribution in [0.25, 0.3) is 0 Å². The SMILES string of the molecule is CC1CN(C(=O)c2cc(Br)cn2C)CC1N. The summed E-state index contributed by atoms with van der Waals surface area (Å²) in [5.74, 6) is 0.445. The maximum Gasteiger partial charge on any atom is 0.270 e. The summed E-state index contributed by atoms with van der Waals surface area (Å²) in [6.07, 6.45) is 1.88. The first-order chi connectivity index (χ1) is 7.49. The highest BCUT2D eigenvalue weighted by molar-refractivity contribution is 9.10. The van der Waals surface area contributed by atoms with Gasteiger partial charge in [-0.3, -0.25) is 4.79 Å². The van der Waals surface area contributed by atoms with E-state index in [1.54, 1.807) is 0 Å². The minimum absolute atomic E-state index is 0.0630. The predicted molar refractivity (Wildman–Crippen MR) is 66.2 cm³/mol. The van der Waals surface area contributed by atoms with Crippen molar-refractivity contribution in [2.45, 2.75) is 13.0 Å². The molecule has 1 saturated heterocycles. The quantitative estimate of drug-likeness (QED) is 0.843. The maximum atomic E-state index is 12.2. The lowest BCUT2D eigenvalue weighted by molar-refractivity contribution is 0.0777. The largest absolute Gasteiger partial charge is 0.345 e. The highest BCUT2D eigenvalue weighted by Gasteiger charge is 2.31. The van der Waals surface area contributed by atoms with Crippen molar-refractivity contribution in [3.8, 4) is 0 Å². The zero-order chi connectivity index (χ0) is 11.9. The van der Waals surface area contributed by atoms with Crippen LogP contribution in [0.4, 0.5) is 0 Å². The summed E-state index contributed by atoms with van der Waals surface area (Å²) in [6.45, 7) is 3.49. The van der Waals surface area contributed by atoms with Gasteiger partial charge in [0.15, 0.2) is 0 Å². The Labute approximate surface area is 104 Å². The molecule has 0 spiro atoms. The molecule has 0 saturated carbocycles. The van der Waals surface area contributed by atoms with E-state index in [-0.39, 0.29) is 11.9 Å². The van der Waals surface area contributed by atoms with Crippen molar-refractivity contribution in [1.29, 1.82) is 0 Å². The van der Waals surface area contributed by atoms with Gasteiger partial charge in [-0.2, -0.15) is 0 Å². The van der Waals surface area contributed by atoms with Crippen LogP contribution in [0.2, 0.25) is 0 Å². The van der Waals surface area contributed by atoms with Gasteiger partial charge < -0.3 is 15.2 Å². The number of nitrogens with zero attached hydrogens (tertiary/aromatic N) is 2. The number of nitrogens with two attached hydrogens (primary N) is 1. The zero-order valence-electron chi connectivity index (χ0n) is 9.48. The van der Waals surface area contributed by atoms with Crippen molar-refractivity contribution in [2.24, 2.45) is 18.7 Å². The molecule has 2 rings (SSSR count). The van der Waals surface area contributed by atoms with Gasteiger partial charge in [-0.05, 0) is 27.9 Å². The van der Waals surface area contributed by atoms with Crippen LogP contribution >= 0.6 is 15.9 Å². The smallest absolute Gasteiger partial charge is 0.270 e. The van der Waals surface area contributed by atoms with Gasteiger partial charge in [-0.1, -0.05) is 6.92 Å². The van der Waals surface area contributed by atoms with Crippen LogP contribution < -0.4 is 5.73 Å². The molecule has 1 aliphatic heterocycles. The monoisotopic (exact) mass is 285 g/mol. The third-order valence-corrected chi connectivity index (χ3v) is 3.58. The summed E-state index contributed by atoms with van der Waals surface area (Å²) in [6, 6.07) is 1.95. The minimum Gasteiger partial charge on any atom is -0.345 e. The Kier molecular flexibility index (Phi) is 3.08. The average molecular weight is 286 g/mol. The lowest BCUT2D eigenvalue weighted by Crippen LogP contribution is -2.33. The van der Waals surface area contributed by atoms with E-state index < -0.39 is 0 Å². The highest BCUT2D eigenvalue weighted by atomic mass is 79.9. The number of halogens is 1. The van der Waals surface area contributed by atoms with Crippen LogP contribution in [0.1, 0.15) is 17.4 Å². The lowest BCUT2D eigenvalue weighted by Gasteiger charge is -2.16. The van der Waals surface area contributed by atoms with E-state index in [1.165, 1.54) is 0 Å². The number of likely N-dealkylation sites (tertiary alicyclic amines) is 1. The molecular weight excluding hydrogens is 270 g/mol. The first kappa shape index (κ1) is 11.7. The third-order valence-electron chi connectivity index (χ3n) is 3.15. The number of rotatable bonds is 1. The fraction of sp³-hybridized carbons (Fsp3) is 0.545. The van der Waals surface area contributed by atoms with Gasteiger partial charge >= 0.3 is 0 Å². The Bertz CT molecular complexity index is 405. The van der Waals surface area contributed by atoms with E-state index in [0.717, 1.165) is 11.0 Å². The molecule has 1 amide bonds. The van der Waals surface area contributed by atoms with E-state index in [0.29, 0.717) is 18.2 Å². The fourth-order valence-electron chi connectivity index (χ4n) is 2.06. The molecule has 1 aliphatic rings. The van der Waals surface area contributed by atoms with Crippen LogP contribution in [-0.2, 0) is 7.05 Å². The summed E-state index contributed by atoms with van der Waals surface area (Å²) >= 11 is 3.37. The van der Waals surface area contributed by atoms with Crippen LogP contribution in [0.15, 0.2) is 16.7 Å². The van der Waals surface area contributed by atoms with Crippen molar-refractivity contribution < 1.29 is 4.79 Å². The Morgan fingerprint density at radius 2 is 2.25 bits per heavy atom. The molecule has 1 aromatic heterocycles. The van der Waals surface area contributed by atoms with Crippen molar-refractivity contribution >= 4 is 21.8 Å². The number of aromatic nitrogens is 1. The molecule has 2 atom stereocenters. The van der Waals surface area contributed by atoms with Gasteiger partial charge in [0.25, 0.3) is 5.91 Å². The van der Waals surface area contributed by atoms with E-state index in [4.69, 9.17) is 5.73 Å². The Balaban J connectivity index is 2.17. The number of carbonyl (C=O) groups is 1. The standard InChI is InChI=1S/C11H16BrN3O/c1-7-4-15(6-9(7)13)11(16)10-3-8(12)5-14(10)2/h3,5,7,9H,4,6,13H2,1-2H3. The van der Waals surface area contributed by atoms with E-state index in [2.05, 4.69) is 22.9 Å². The number of carbonyl (C=O) groups excluding carboxylic acids is 1. The summed E-state index contributed by atoms with van der Waals surface area (Å²) < 4.78 is 2.76. The molecule has 0 bridgehead atoms. The molecule has 2 heterocycles. The van der Waals surface area contributed by atoms with E-state index in [1.807, 2.05) is 28.8 Å². The molecule has 2 unspecified atom stereocenters. The van der Waals surface area contributed by atoms with Crippen LogP contribution in [0.3, 0.4) is 0 Å². The Morgan fingerprint density at radius 1 is 1.56 bits per heavy atom. The normalized spacial score (nSPS) is 25.1. The van der Waals surface area contributed by atoms with Crippen molar-refractivity contribution in [3.05, 3.63) is 22.4 Å². The minimum atomic E-state index is 0.0630. The van der Waals surface area contributed by atoms with E-state index >= 15 is 0 Å². The number of aryl methyl sites for hydroxylation is 1. The number of hydrogen-bond acceptors (Lipinski definition) is 2. The molecule has 1 aromatic rings. The van der Waals surface area contributed by atoms with Gasteiger partial charge in [0.1, 0.15) is 5.69 Å². The molecule has 88 valence electrons. The van der Waals surface area contributed by atoms with E-state index in [9.17, 15) is 4.79 Å². The fourth-order valence-corrected chi connectivity index (χ4v) is 2.58. The second kappa shape index (κ2) is 4.22. The van der Waals surface area contributed by atoms with Crippen molar-refractivity contribution in [1.82, 2.24) is 9.47 Å². The van der Waals surface area contributed by atoms with Crippen LogP contribution in [0, 0.1) is 5.92 Å². The molecule has 0 aliphatic carbocycles. The van der Waals surface area contributed by atoms with Gasteiger partial charge in [0.05, 0.1) is 0 Å². The van der Waals surface area contributed by atoms with Gasteiger partial charge in [0, 0.05) is 36.8 Å². The molecule has 2 N–H and O–H groups in total. The summed E-state index contributed by atoms with van der Waals surface area (Å²) in [5.41, 5.74) is 6.62. The molecule has 5 heteroatoms. The van der Waals surface area contributed by atoms with Crippen molar-refractivity contribution in [3.63, 3.8) is 0 Å². The molecule has 0 radical (unpaired) electrons. The lowest BCUT2D eigenvalue weighted by atomic mass is 10.1. The van der Waals surface area contributed by atoms with Gasteiger partial charge in [-0.15, -0.1) is 0 Å². The second-order valence-corrected chi connectivity index (χ2v) is 5.42. The molecular formula is C11H16BrN3O. The Hall–Kier alpha value is -0.810. The predicted octanol–water partition coefficient (Wildman–Crippen LogP) is 1.21. The second-order valence-electron chi connectivity index (χ2n) is 4.51. The van der Waals surface area contributed by atoms with Crippen molar-refractivity contribution in [2.75, 3.05) is 13.1 Å². The topological polar surface area (TPSA) is 51.3 Å². The van der Waals surface area contributed by atoms with Gasteiger partial charge in [0.2, 0.25) is 0 Å². The number of amides is 1. The third kappa shape index (κ3) is 2.01. The summed E-state index contributed by atoms with van der Waals surface area (Å²) in [5, 5.41) is 0. The molecule has 16 heavy (non-hydrogen) atoms. The summed E-state index contributed by atoms with van der Waals surface area (Å²) in [7, 11) is 1.87. The maximum absolute atomic E-state index is 12.2. The molecule has 4 nitrogen and oxygen atoms in total. The Morgan fingerprint density at radius 3 is 2.69 bits per heavy atom. The average Bonchev–Trinajstić information content (AvgIpc) is 2.70. The van der Waals surface area contributed by atoms with Crippen LogP contribution in [-0.4, -0.2) is 34.5 Å².